The molecule has 1 aliphatic heterocycles. The highest BCUT2D eigenvalue weighted by Crippen LogP contribution is 2.26. The van der Waals surface area contributed by atoms with Gasteiger partial charge < -0.3 is 10.2 Å². The second-order valence-corrected chi connectivity index (χ2v) is 12.1. The molecule has 1 heterocycles. The maximum absolute atomic E-state index is 13.6. The van der Waals surface area contributed by atoms with Crippen molar-refractivity contribution in [2.45, 2.75) is 51.5 Å². The lowest BCUT2D eigenvalue weighted by atomic mass is 9.98. The zero-order valence-electron chi connectivity index (χ0n) is 22.1. The number of carbonyl (C=O) groups is 1. The highest BCUT2D eigenvalue weighted by atomic mass is 32.2. The van der Waals surface area contributed by atoms with Gasteiger partial charge in [0.2, 0.25) is 5.91 Å². The van der Waals surface area contributed by atoms with Crippen molar-refractivity contribution in [3.63, 3.8) is 0 Å². The maximum atomic E-state index is 13.6. The van der Waals surface area contributed by atoms with Gasteiger partial charge in [-0.3, -0.25) is 9.10 Å². The molecule has 1 saturated heterocycles. The molecular formula is C30H37N3O3S. The zero-order valence-corrected chi connectivity index (χ0v) is 23.0. The van der Waals surface area contributed by atoms with Crippen molar-refractivity contribution in [2.75, 3.05) is 28.8 Å². The molecule has 0 bridgehead atoms. The second kappa shape index (κ2) is 11.4. The standard InChI is InChI=1S/C30H37N3O3S/c1-22-8-14-29(15-9-22)37(35,36)33(28-7-5-6-24(3)20-28)21-30(34)31-25(4)26-10-12-27(13-11-26)32-18-16-23(2)17-19-32/h5-15,20,23,25H,16-19,21H2,1-4H3,(H,31,34). The molecule has 0 aromatic heterocycles. The molecule has 1 atom stereocenters. The van der Waals surface area contributed by atoms with E-state index in [1.165, 1.54) is 22.8 Å². The minimum atomic E-state index is -3.94. The molecule has 0 aliphatic carbocycles. The summed E-state index contributed by atoms with van der Waals surface area (Å²) >= 11 is 0. The first-order valence-corrected chi connectivity index (χ1v) is 14.4. The number of nitrogens with one attached hydrogen (secondary N) is 1. The summed E-state index contributed by atoms with van der Waals surface area (Å²) in [6.07, 6.45) is 2.41. The molecule has 1 unspecified atom stereocenters. The molecule has 0 spiro atoms. The molecule has 37 heavy (non-hydrogen) atoms. The number of carbonyl (C=O) groups excluding carboxylic acids is 1. The molecule has 6 nitrogen and oxygen atoms in total. The zero-order chi connectivity index (χ0) is 26.6. The highest BCUT2D eigenvalue weighted by Gasteiger charge is 2.28. The molecule has 0 radical (unpaired) electrons. The van der Waals surface area contributed by atoms with Crippen LogP contribution in [-0.2, 0) is 14.8 Å². The SMILES string of the molecule is Cc1ccc(S(=O)(=O)N(CC(=O)NC(C)c2ccc(N3CCC(C)CC3)cc2)c2cccc(C)c2)cc1. The van der Waals surface area contributed by atoms with Gasteiger partial charge in [0, 0.05) is 18.8 Å². The van der Waals surface area contributed by atoms with Crippen LogP contribution < -0.4 is 14.5 Å². The van der Waals surface area contributed by atoms with Gasteiger partial charge in [0.05, 0.1) is 16.6 Å². The normalized spacial score (nSPS) is 15.3. The molecule has 1 aliphatic rings. The summed E-state index contributed by atoms with van der Waals surface area (Å²) in [5.41, 5.74) is 4.52. The van der Waals surface area contributed by atoms with Gasteiger partial charge in [-0.15, -0.1) is 0 Å². The van der Waals surface area contributed by atoms with Gasteiger partial charge >= 0.3 is 0 Å². The van der Waals surface area contributed by atoms with E-state index in [0.29, 0.717) is 5.69 Å². The van der Waals surface area contributed by atoms with Crippen LogP contribution in [0.15, 0.2) is 77.7 Å². The van der Waals surface area contributed by atoms with Crippen molar-refractivity contribution in [3.05, 3.63) is 89.5 Å². The van der Waals surface area contributed by atoms with Gasteiger partial charge in [0.25, 0.3) is 10.0 Å². The number of sulfonamides is 1. The molecule has 3 aromatic rings. The lowest BCUT2D eigenvalue weighted by molar-refractivity contribution is -0.120. The third-order valence-electron chi connectivity index (χ3n) is 7.11. The van der Waals surface area contributed by atoms with Crippen LogP contribution in [0.3, 0.4) is 0 Å². The molecule has 1 fully saturated rings. The molecule has 3 aromatic carbocycles. The van der Waals surface area contributed by atoms with E-state index in [-0.39, 0.29) is 23.4 Å². The monoisotopic (exact) mass is 519 g/mol. The Morgan fingerprint density at radius 1 is 0.973 bits per heavy atom. The third-order valence-corrected chi connectivity index (χ3v) is 8.89. The summed E-state index contributed by atoms with van der Waals surface area (Å²) in [5.74, 6) is 0.415. The van der Waals surface area contributed by atoms with Gasteiger partial charge in [-0.1, -0.05) is 48.9 Å². The Hall–Kier alpha value is -3.32. The fraction of sp³-hybridized carbons (Fsp3) is 0.367. The van der Waals surface area contributed by atoms with Gasteiger partial charge in [0.15, 0.2) is 0 Å². The first-order valence-electron chi connectivity index (χ1n) is 12.9. The molecule has 7 heteroatoms. The Labute approximate surface area is 221 Å². The van der Waals surface area contributed by atoms with Crippen LogP contribution in [0.5, 0.6) is 0 Å². The Morgan fingerprint density at radius 2 is 1.62 bits per heavy atom. The average Bonchev–Trinajstić information content (AvgIpc) is 2.88. The number of hydrogen-bond acceptors (Lipinski definition) is 4. The van der Waals surface area contributed by atoms with Gasteiger partial charge in [0.1, 0.15) is 6.54 Å². The molecule has 0 saturated carbocycles. The third kappa shape index (κ3) is 6.52. The number of benzene rings is 3. The Kier molecular flexibility index (Phi) is 8.22. The first kappa shape index (κ1) is 26.7. The molecular weight excluding hydrogens is 482 g/mol. The molecule has 196 valence electrons. The Balaban J connectivity index is 1.49. The molecule has 1 N–H and O–H groups in total. The molecule has 4 rings (SSSR count). The molecule has 1 amide bonds. The predicted octanol–water partition coefficient (Wildman–Crippen LogP) is 5.61. The van der Waals surface area contributed by atoms with Crippen LogP contribution in [-0.4, -0.2) is 34.0 Å². The van der Waals surface area contributed by atoms with E-state index in [4.69, 9.17) is 0 Å². The van der Waals surface area contributed by atoms with E-state index in [1.807, 2.05) is 39.0 Å². The Morgan fingerprint density at radius 3 is 2.24 bits per heavy atom. The van der Waals surface area contributed by atoms with Crippen LogP contribution >= 0.6 is 0 Å². The predicted molar refractivity (Wildman–Crippen MR) is 151 cm³/mol. The minimum absolute atomic E-state index is 0.156. The van der Waals surface area contributed by atoms with Crippen molar-refractivity contribution in [3.8, 4) is 0 Å². The van der Waals surface area contributed by atoms with Gasteiger partial charge in [-0.25, -0.2) is 8.42 Å². The van der Waals surface area contributed by atoms with E-state index < -0.39 is 10.0 Å². The summed E-state index contributed by atoms with van der Waals surface area (Å²) in [4.78, 5) is 15.7. The topological polar surface area (TPSA) is 69.7 Å². The van der Waals surface area contributed by atoms with Crippen LogP contribution in [0.1, 0.15) is 49.4 Å². The number of rotatable bonds is 8. The van der Waals surface area contributed by atoms with Crippen molar-refractivity contribution >= 4 is 27.3 Å². The lowest BCUT2D eigenvalue weighted by Crippen LogP contribution is -2.41. The van der Waals surface area contributed by atoms with Crippen molar-refractivity contribution in [1.29, 1.82) is 0 Å². The average molecular weight is 520 g/mol. The number of piperidine rings is 1. The summed E-state index contributed by atoms with van der Waals surface area (Å²) < 4.78 is 28.4. The highest BCUT2D eigenvalue weighted by molar-refractivity contribution is 7.92. The number of aryl methyl sites for hydroxylation is 2. The summed E-state index contributed by atoms with van der Waals surface area (Å²) in [7, 11) is -3.94. The maximum Gasteiger partial charge on any atom is 0.264 e. The number of amides is 1. The van der Waals surface area contributed by atoms with E-state index in [9.17, 15) is 13.2 Å². The second-order valence-electron chi connectivity index (χ2n) is 10.2. The van der Waals surface area contributed by atoms with Gasteiger partial charge in [-0.05, 0) is 87.1 Å². The quantitative estimate of drug-likeness (QED) is 0.420. The fourth-order valence-corrected chi connectivity index (χ4v) is 6.09. The van der Waals surface area contributed by atoms with E-state index >= 15 is 0 Å². The number of anilines is 2. The van der Waals surface area contributed by atoms with E-state index in [0.717, 1.165) is 35.7 Å². The lowest BCUT2D eigenvalue weighted by Gasteiger charge is -2.32. The number of nitrogens with zero attached hydrogens (tertiary/aromatic N) is 2. The Bertz CT molecular complexity index is 1310. The minimum Gasteiger partial charge on any atom is -0.372 e. The van der Waals surface area contributed by atoms with Crippen LogP contribution in [0.25, 0.3) is 0 Å². The number of hydrogen-bond donors (Lipinski definition) is 1. The smallest absolute Gasteiger partial charge is 0.264 e. The van der Waals surface area contributed by atoms with E-state index in [1.54, 1.807) is 42.5 Å². The van der Waals surface area contributed by atoms with Crippen LogP contribution in [0.2, 0.25) is 0 Å². The van der Waals surface area contributed by atoms with Crippen molar-refractivity contribution in [1.82, 2.24) is 5.32 Å². The first-order chi connectivity index (χ1) is 17.6. The largest absolute Gasteiger partial charge is 0.372 e. The fourth-order valence-electron chi connectivity index (χ4n) is 4.68. The van der Waals surface area contributed by atoms with Crippen molar-refractivity contribution < 1.29 is 13.2 Å². The van der Waals surface area contributed by atoms with Gasteiger partial charge in [-0.2, -0.15) is 0 Å². The van der Waals surface area contributed by atoms with E-state index in [2.05, 4.69) is 29.3 Å². The summed E-state index contributed by atoms with van der Waals surface area (Å²) in [6, 6.07) is 21.9. The van der Waals surface area contributed by atoms with Crippen LogP contribution in [0, 0.1) is 19.8 Å². The van der Waals surface area contributed by atoms with Crippen molar-refractivity contribution in [2.24, 2.45) is 5.92 Å². The van der Waals surface area contributed by atoms with Crippen LogP contribution in [0.4, 0.5) is 11.4 Å². The summed E-state index contributed by atoms with van der Waals surface area (Å²) in [5, 5.41) is 2.99. The summed E-state index contributed by atoms with van der Waals surface area (Å²) in [6.45, 7) is 9.85.